The zero-order chi connectivity index (χ0) is 13.4. The molecule has 1 aliphatic rings. The predicted molar refractivity (Wildman–Crippen MR) is 74.5 cm³/mol. The lowest BCUT2D eigenvalue weighted by Gasteiger charge is -2.18. The maximum absolute atomic E-state index is 11.8. The molecule has 0 radical (unpaired) electrons. The number of nitrogens with one attached hydrogen (secondary N) is 1. The maximum Gasteiger partial charge on any atom is 0.249 e. The largest absolute Gasteiger partial charge is 0.368 e. The van der Waals surface area contributed by atoms with Crippen molar-refractivity contribution in [3.05, 3.63) is 0 Å². The first kappa shape index (κ1) is 15.5. The van der Waals surface area contributed by atoms with Gasteiger partial charge in [-0.25, -0.2) is 0 Å². The van der Waals surface area contributed by atoms with Gasteiger partial charge in [-0.1, -0.05) is 32.6 Å². The zero-order valence-corrected chi connectivity index (χ0v) is 12.2. The number of amides is 1. The number of carbonyl (C=O) groups excluding carboxylic acids is 1. The fourth-order valence-electron chi connectivity index (χ4n) is 1.95. The van der Waals surface area contributed by atoms with Gasteiger partial charge < -0.3 is 10.1 Å². The van der Waals surface area contributed by atoms with E-state index in [0.29, 0.717) is 5.92 Å². The number of rotatable bonds is 10. The van der Waals surface area contributed by atoms with Crippen LogP contribution in [0.15, 0.2) is 0 Å². The van der Waals surface area contributed by atoms with Gasteiger partial charge in [-0.15, -0.1) is 0 Å². The molecule has 0 bridgehead atoms. The Bertz CT molecular complexity index is 239. The van der Waals surface area contributed by atoms with Crippen LogP contribution < -0.4 is 5.32 Å². The van der Waals surface area contributed by atoms with Gasteiger partial charge in [0.05, 0.1) is 6.61 Å². The number of unbranched alkanes of at least 4 members (excludes halogenated alkanes) is 3. The average molecular weight is 255 g/mol. The van der Waals surface area contributed by atoms with E-state index in [0.717, 1.165) is 13.0 Å². The molecule has 1 N–H and O–H groups in total. The molecule has 0 aromatic rings. The highest BCUT2D eigenvalue weighted by molar-refractivity contribution is 5.80. The summed E-state index contributed by atoms with van der Waals surface area (Å²) < 4.78 is 5.56. The van der Waals surface area contributed by atoms with E-state index in [1.54, 1.807) is 0 Å². The van der Waals surface area contributed by atoms with Crippen molar-refractivity contribution in [2.75, 3.05) is 6.61 Å². The summed E-state index contributed by atoms with van der Waals surface area (Å²) in [7, 11) is 0. The molecule has 0 spiro atoms. The summed E-state index contributed by atoms with van der Waals surface area (Å²) in [5.41, 5.74) is 0. The summed E-state index contributed by atoms with van der Waals surface area (Å²) in [6, 6.07) is 0.265. The van der Waals surface area contributed by atoms with Crippen molar-refractivity contribution < 1.29 is 9.53 Å². The molecule has 2 unspecified atom stereocenters. The van der Waals surface area contributed by atoms with Crippen LogP contribution in [0.5, 0.6) is 0 Å². The lowest BCUT2D eigenvalue weighted by Crippen LogP contribution is -2.40. The van der Waals surface area contributed by atoms with Crippen molar-refractivity contribution in [3.8, 4) is 0 Å². The average Bonchev–Trinajstić information content (AvgIpc) is 3.15. The van der Waals surface area contributed by atoms with E-state index in [9.17, 15) is 4.79 Å². The van der Waals surface area contributed by atoms with Gasteiger partial charge in [0, 0.05) is 6.04 Å². The Morgan fingerprint density at radius 1 is 1.28 bits per heavy atom. The van der Waals surface area contributed by atoms with Gasteiger partial charge in [-0.3, -0.25) is 4.79 Å². The quantitative estimate of drug-likeness (QED) is 0.608. The van der Waals surface area contributed by atoms with Crippen molar-refractivity contribution in [2.24, 2.45) is 5.92 Å². The van der Waals surface area contributed by atoms with Crippen LogP contribution in [0.4, 0.5) is 0 Å². The lowest BCUT2D eigenvalue weighted by atomic mass is 10.1. The molecule has 0 aromatic heterocycles. The number of carbonyl (C=O) groups is 1. The topological polar surface area (TPSA) is 38.3 Å². The molecule has 3 heteroatoms. The van der Waals surface area contributed by atoms with Crippen LogP contribution in [-0.4, -0.2) is 24.7 Å². The first-order valence-electron chi connectivity index (χ1n) is 7.55. The van der Waals surface area contributed by atoms with Crippen molar-refractivity contribution in [2.45, 2.75) is 77.9 Å². The van der Waals surface area contributed by atoms with E-state index < -0.39 is 0 Å². The summed E-state index contributed by atoms with van der Waals surface area (Å²) in [4.78, 5) is 11.8. The Kier molecular flexibility index (Phi) is 7.33. The Morgan fingerprint density at radius 3 is 2.61 bits per heavy atom. The Labute approximate surface area is 112 Å². The number of ether oxygens (including phenoxy) is 1. The highest BCUT2D eigenvalue weighted by Gasteiger charge is 2.24. The van der Waals surface area contributed by atoms with Gasteiger partial charge >= 0.3 is 0 Å². The van der Waals surface area contributed by atoms with Crippen LogP contribution in [0.25, 0.3) is 0 Å². The van der Waals surface area contributed by atoms with Crippen LogP contribution in [0.1, 0.15) is 65.7 Å². The fourth-order valence-corrected chi connectivity index (χ4v) is 1.95. The molecule has 0 heterocycles. The Balaban J connectivity index is 2.04. The van der Waals surface area contributed by atoms with E-state index in [-0.39, 0.29) is 18.1 Å². The van der Waals surface area contributed by atoms with E-state index in [2.05, 4.69) is 19.2 Å². The highest BCUT2D eigenvalue weighted by atomic mass is 16.5. The standard InChI is InChI=1S/C15H29NO2/c1-4-5-6-7-8-12(2)16-15(17)13(3)18-11-14-9-10-14/h12-14H,4-11H2,1-3H3,(H,16,17). The van der Waals surface area contributed by atoms with Gasteiger partial charge in [0.25, 0.3) is 0 Å². The van der Waals surface area contributed by atoms with Crippen molar-refractivity contribution >= 4 is 5.91 Å². The van der Waals surface area contributed by atoms with Crippen LogP contribution in [0, 0.1) is 5.92 Å². The second-order valence-electron chi connectivity index (χ2n) is 5.68. The second-order valence-corrected chi connectivity index (χ2v) is 5.68. The number of hydrogen-bond donors (Lipinski definition) is 1. The normalized spacial score (nSPS) is 18.4. The third kappa shape index (κ3) is 7.00. The molecule has 0 saturated heterocycles. The summed E-state index contributed by atoms with van der Waals surface area (Å²) in [6.45, 7) is 6.89. The zero-order valence-electron chi connectivity index (χ0n) is 12.2. The van der Waals surface area contributed by atoms with Gasteiger partial charge in [0.15, 0.2) is 0 Å². The molecular weight excluding hydrogens is 226 g/mol. The Morgan fingerprint density at radius 2 is 2.00 bits per heavy atom. The van der Waals surface area contributed by atoms with Gasteiger partial charge in [-0.2, -0.15) is 0 Å². The minimum absolute atomic E-state index is 0.0404. The minimum atomic E-state index is -0.302. The Hall–Kier alpha value is -0.570. The van der Waals surface area contributed by atoms with E-state index in [1.165, 1.54) is 38.5 Å². The first-order valence-corrected chi connectivity index (χ1v) is 7.55. The third-order valence-corrected chi connectivity index (χ3v) is 3.53. The molecule has 1 amide bonds. The molecule has 106 valence electrons. The van der Waals surface area contributed by atoms with Gasteiger partial charge in [0.2, 0.25) is 5.91 Å². The predicted octanol–water partition coefficient (Wildman–Crippen LogP) is 3.28. The molecule has 1 fully saturated rings. The summed E-state index contributed by atoms with van der Waals surface area (Å²) >= 11 is 0. The third-order valence-electron chi connectivity index (χ3n) is 3.53. The van der Waals surface area contributed by atoms with Gasteiger partial charge in [-0.05, 0) is 39.0 Å². The van der Waals surface area contributed by atoms with Gasteiger partial charge in [0.1, 0.15) is 6.10 Å². The lowest BCUT2D eigenvalue weighted by molar-refractivity contribution is -0.132. The monoisotopic (exact) mass is 255 g/mol. The van der Waals surface area contributed by atoms with Crippen LogP contribution in [0.3, 0.4) is 0 Å². The molecule has 2 atom stereocenters. The summed E-state index contributed by atoms with van der Waals surface area (Å²) in [5.74, 6) is 0.755. The smallest absolute Gasteiger partial charge is 0.249 e. The second kappa shape index (κ2) is 8.52. The highest BCUT2D eigenvalue weighted by Crippen LogP contribution is 2.29. The van der Waals surface area contributed by atoms with E-state index in [4.69, 9.17) is 4.74 Å². The molecule has 0 aromatic carbocycles. The van der Waals surface area contributed by atoms with Crippen LogP contribution in [0.2, 0.25) is 0 Å². The SMILES string of the molecule is CCCCCCC(C)NC(=O)C(C)OCC1CC1. The first-order chi connectivity index (χ1) is 8.63. The van der Waals surface area contributed by atoms with E-state index in [1.807, 2.05) is 6.92 Å². The summed E-state index contributed by atoms with van der Waals surface area (Å²) in [5, 5.41) is 3.04. The molecule has 1 rings (SSSR count). The molecular formula is C15H29NO2. The van der Waals surface area contributed by atoms with Crippen molar-refractivity contribution in [1.29, 1.82) is 0 Å². The van der Waals surface area contributed by atoms with Crippen molar-refractivity contribution in [3.63, 3.8) is 0 Å². The number of hydrogen-bond acceptors (Lipinski definition) is 2. The maximum atomic E-state index is 11.8. The fraction of sp³-hybridized carbons (Fsp3) is 0.933. The van der Waals surface area contributed by atoms with Crippen LogP contribution >= 0.6 is 0 Å². The minimum Gasteiger partial charge on any atom is -0.368 e. The van der Waals surface area contributed by atoms with Crippen molar-refractivity contribution in [1.82, 2.24) is 5.32 Å². The summed E-state index contributed by atoms with van der Waals surface area (Å²) in [6.07, 6.45) is 8.32. The van der Waals surface area contributed by atoms with E-state index >= 15 is 0 Å². The molecule has 1 aliphatic carbocycles. The molecule has 18 heavy (non-hydrogen) atoms. The molecule has 3 nitrogen and oxygen atoms in total. The molecule has 0 aliphatic heterocycles. The molecule has 1 saturated carbocycles. The van der Waals surface area contributed by atoms with Crippen LogP contribution in [-0.2, 0) is 9.53 Å².